The van der Waals surface area contributed by atoms with E-state index in [0.717, 1.165) is 77.0 Å². The molecule has 0 bridgehead atoms. The molecule has 6 amide bonds. The molecule has 0 aliphatic carbocycles. The number of esters is 1. The number of aromatic carboxylic acids is 2. The Morgan fingerprint density at radius 1 is 0.357 bits per heavy atom. The van der Waals surface area contributed by atoms with Gasteiger partial charge in [-0.05, 0) is 144 Å². The second-order valence-electron chi connectivity index (χ2n) is 34.9. The molecule has 43 heteroatoms. The van der Waals surface area contributed by atoms with Crippen LogP contribution in [0.1, 0.15) is 246 Å². The number of carboxylic acid groups (broad SMARTS) is 4. The number of aliphatic hydroxyl groups is 2. The van der Waals surface area contributed by atoms with Crippen molar-refractivity contribution in [2.45, 2.75) is 257 Å². The third kappa shape index (κ3) is 65.8. The number of nitrogens with one attached hydrogen (secondary N) is 8. The van der Waals surface area contributed by atoms with Crippen LogP contribution in [-0.4, -0.2) is 325 Å². The lowest BCUT2D eigenvalue weighted by molar-refractivity contribution is -0.699. The summed E-state index contributed by atoms with van der Waals surface area (Å²) in [5.74, 6) is -11.0. The number of unbranched alkanes of at least 4 members (excludes halogenated alkanes) is 14. The van der Waals surface area contributed by atoms with Crippen LogP contribution in [0.2, 0.25) is 0 Å². The first-order valence-electron chi connectivity index (χ1n) is 49.9. The number of carboxylic acids is 4. The van der Waals surface area contributed by atoms with Crippen LogP contribution in [-0.2, 0) is 121 Å². The Labute approximate surface area is 836 Å². The number of ether oxygens (including phenoxy) is 11. The van der Waals surface area contributed by atoms with Crippen LogP contribution in [0, 0.1) is 17.8 Å². The number of hydrogen-bond acceptors (Lipinski definition) is 31. The molecular formula is C100H156N9O34+. The Kier molecular flexibility index (Phi) is 71.7. The molecule has 0 fully saturated rings. The number of amides is 6. The number of aliphatic carboxylic acids is 2. The SMILES string of the molecule is CC(C)[C@H](NC(=O)CO)C(=O)O[C@@H](C[n+]1cc[nH]c1)C(=O)CC[C@@H](CCCCNC(=O)COCCOCCNC(=O)COCCOCCCC(=O)CC[C@H](NC(=O)CCCCCCCCCOc1ccc(C(=O)O)cc1)C(=O)O)C(=O)CN[C@@H](CCCCNC(=O)COCCOCCCC(=O)COCCOCCNC(=O)CC[C@H](CC(=O)CCCCCCCCCOc1ccc(C(=O)O)cc1)C(=O)O)C(=O)CO. The largest absolute Gasteiger partial charge is 0.494 e. The first-order chi connectivity index (χ1) is 69.0. The highest BCUT2D eigenvalue weighted by Gasteiger charge is 2.34. The first kappa shape index (κ1) is 126. The Hall–Kier alpha value is -11.0. The fourth-order valence-corrected chi connectivity index (χ4v) is 14.4. The summed E-state index contributed by atoms with van der Waals surface area (Å²) in [5, 5.41) is 75.4. The van der Waals surface area contributed by atoms with Gasteiger partial charge in [0.15, 0.2) is 23.5 Å². The molecule has 6 atom stereocenters. The molecule has 3 aromatic rings. The molecule has 2 aromatic carbocycles. The van der Waals surface area contributed by atoms with Crippen LogP contribution in [0.25, 0.3) is 0 Å². The van der Waals surface area contributed by atoms with Crippen molar-refractivity contribution in [3.05, 3.63) is 78.4 Å². The number of aromatic amines is 1. The number of rotatable bonds is 96. The second kappa shape index (κ2) is 81.3. The molecule has 804 valence electrons. The van der Waals surface area contributed by atoms with Gasteiger partial charge in [-0.1, -0.05) is 84.5 Å². The lowest BCUT2D eigenvalue weighted by Crippen LogP contribution is -2.50. The zero-order chi connectivity index (χ0) is 105. The van der Waals surface area contributed by atoms with E-state index in [4.69, 9.17) is 62.3 Å². The minimum atomic E-state index is -1.37. The van der Waals surface area contributed by atoms with Crippen molar-refractivity contribution in [3.8, 4) is 11.5 Å². The minimum Gasteiger partial charge on any atom is -0.494 e. The summed E-state index contributed by atoms with van der Waals surface area (Å²) >= 11 is 0. The number of H-pyrrole nitrogens is 1. The van der Waals surface area contributed by atoms with E-state index in [1.54, 1.807) is 55.1 Å². The third-order valence-corrected chi connectivity index (χ3v) is 22.6. The Morgan fingerprint density at radius 3 is 1.31 bits per heavy atom. The molecule has 0 radical (unpaired) electrons. The summed E-state index contributed by atoms with van der Waals surface area (Å²) in [6, 6.07) is 9.16. The maximum absolute atomic E-state index is 14.2. The van der Waals surface area contributed by atoms with Gasteiger partial charge in [-0.3, -0.25) is 67.3 Å². The molecule has 0 saturated heterocycles. The maximum atomic E-state index is 14.2. The molecule has 0 unspecified atom stereocenters. The fraction of sp³-hybridized carbons (Fsp3) is 0.680. The highest BCUT2D eigenvalue weighted by Crippen LogP contribution is 2.23. The summed E-state index contributed by atoms with van der Waals surface area (Å²) in [6.45, 7) is 3.71. The number of benzene rings is 2. The van der Waals surface area contributed by atoms with E-state index < -0.39 is 120 Å². The summed E-state index contributed by atoms with van der Waals surface area (Å²) in [6.07, 6.45) is 18.9. The van der Waals surface area contributed by atoms with Gasteiger partial charge in [0.2, 0.25) is 41.8 Å². The van der Waals surface area contributed by atoms with Gasteiger partial charge in [0, 0.05) is 96.7 Å². The van der Waals surface area contributed by atoms with Gasteiger partial charge in [0.25, 0.3) is 0 Å². The van der Waals surface area contributed by atoms with Crippen molar-refractivity contribution in [2.24, 2.45) is 17.8 Å². The van der Waals surface area contributed by atoms with Crippen LogP contribution in [0.5, 0.6) is 11.5 Å². The fourth-order valence-electron chi connectivity index (χ4n) is 14.4. The van der Waals surface area contributed by atoms with Gasteiger partial charge in [-0.25, -0.2) is 23.7 Å². The van der Waals surface area contributed by atoms with Crippen molar-refractivity contribution in [1.82, 2.24) is 42.2 Å². The number of hydrogen-bond donors (Lipinski definition) is 14. The topological polar surface area (TPSA) is 617 Å². The number of aliphatic hydroxyl groups excluding tert-OH is 2. The van der Waals surface area contributed by atoms with E-state index in [1.165, 1.54) is 30.6 Å². The van der Waals surface area contributed by atoms with Gasteiger partial charge in [-0.15, -0.1) is 0 Å². The van der Waals surface area contributed by atoms with Crippen molar-refractivity contribution in [2.75, 3.05) is 165 Å². The van der Waals surface area contributed by atoms with Gasteiger partial charge in [-0.2, -0.15) is 0 Å². The third-order valence-electron chi connectivity index (χ3n) is 22.6. The maximum Gasteiger partial charge on any atom is 0.335 e. The lowest BCUT2D eigenvalue weighted by Gasteiger charge is -2.24. The van der Waals surface area contributed by atoms with E-state index in [2.05, 4.69) is 42.2 Å². The minimum absolute atomic E-state index is 0.0124. The van der Waals surface area contributed by atoms with Crippen LogP contribution in [0.4, 0.5) is 0 Å². The highest BCUT2D eigenvalue weighted by molar-refractivity contribution is 5.92. The molecule has 0 saturated carbocycles. The van der Waals surface area contributed by atoms with Gasteiger partial charge in [0.05, 0.1) is 109 Å². The van der Waals surface area contributed by atoms with Gasteiger partial charge in [0.1, 0.15) is 99.5 Å². The number of nitrogens with zero attached hydrogens (tertiary/aromatic N) is 1. The smallest absolute Gasteiger partial charge is 0.335 e. The average Bonchev–Trinajstić information content (AvgIpc) is 1.84. The summed E-state index contributed by atoms with van der Waals surface area (Å²) < 4.78 is 62.3. The Balaban J connectivity index is 1.26. The summed E-state index contributed by atoms with van der Waals surface area (Å²) in [4.78, 5) is 215. The standard InChI is InChI=1S/C100H155N9O34/c1-73(2)95(108-91(120)67-111)100(132)143-88(65-109-48-45-101-72-109)85(115)41-33-74(23-15-17-43-102-92(121)70-140-62-58-136-54-47-105-94(123)71-139-61-55-133-49-21-25-78(112)35-40-84(99(130)131)107-90(119)28-14-10-6-4-8-12-20-52-142-82-38-31-76(32-39-82)97(126)127)86(116)64-106-83(87(117)66-110)27-16-18-44-103-93(122)69-138-60-56-134-50-22-26-80(114)68-137-59-57-135-53-46-104-89(118)42-34-77(98(128)129)63-79(113)24-13-9-5-3-7-11-19-51-141-81-36-29-75(30-37-81)96(124)125/h29-32,36-39,45,48,72-74,77,83-84,88,95,106,110-111H,3-28,33-35,40-44,46-47,49-71H2,1-2H3,(H10,102,103,104,105,107,108,118,119,120,121,122,123,124,125,126,127,128,129,130,131)/p+1/t74-,77-,83+,84+,88+,95+/m1/s1. The van der Waals surface area contributed by atoms with Crippen LogP contribution in [0.3, 0.4) is 0 Å². The second-order valence-corrected chi connectivity index (χ2v) is 34.9. The highest BCUT2D eigenvalue weighted by atomic mass is 16.6. The first-order valence-corrected chi connectivity index (χ1v) is 49.9. The van der Waals surface area contributed by atoms with Crippen molar-refractivity contribution in [1.29, 1.82) is 0 Å². The molecule has 0 aliphatic rings. The monoisotopic (exact) mass is 2030 g/mol. The predicted octanol–water partition coefficient (Wildman–Crippen LogP) is 5.62. The lowest BCUT2D eigenvalue weighted by atomic mass is 9.90. The van der Waals surface area contributed by atoms with Crippen molar-refractivity contribution < 1.29 is 169 Å². The number of carbonyl (C=O) groups is 17. The molecule has 43 nitrogen and oxygen atoms in total. The number of ketones is 6. The molecule has 0 aliphatic heterocycles. The molecule has 3 rings (SSSR count). The zero-order valence-corrected chi connectivity index (χ0v) is 83.2. The number of Topliss-reactive ketones (excluding diaryl/α,β-unsaturated/α-hetero) is 6. The van der Waals surface area contributed by atoms with E-state index in [9.17, 15) is 102 Å². The molecular weight excluding hydrogens is 1870 g/mol. The van der Waals surface area contributed by atoms with Crippen molar-refractivity contribution >= 4 is 100.0 Å². The predicted molar refractivity (Wildman–Crippen MR) is 517 cm³/mol. The van der Waals surface area contributed by atoms with Crippen LogP contribution >= 0.6 is 0 Å². The van der Waals surface area contributed by atoms with Crippen molar-refractivity contribution in [3.63, 3.8) is 0 Å². The van der Waals surface area contributed by atoms with E-state index in [1.807, 2.05) is 0 Å². The van der Waals surface area contributed by atoms with Gasteiger partial charge >= 0.3 is 29.8 Å². The Bertz CT molecular complexity index is 4160. The van der Waals surface area contributed by atoms with E-state index in [-0.39, 0.29) is 275 Å². The Morgan fingerprint density at radius 2 is 0.818 bits per heavy atom. The van der Waals surface area contributed by atoms with E-state index >= 15 is 0 Å². The quantitative estimate of drug-likeness (QED) is 0.0185. The average molecular weight is 2030 g/mol. The summed E-state index contributed by atoms with van der Waals surface area (Å²) in [7, 11) is 0. The normalized spacial score (nSPS) is 12.5. The van der Waals surface area contributed by atoms with Crippen LogP contribution < -0.4 is 51.3 Å². The molecule has 143 heavy (non-hydrogen) atoms. The van der Waals surface area contributed by atoms with E-state index in [0.29, 0.717) is 76.1 Å². The molecule has 0 spiro atoms. The molecule has 1 aromatic heterocycles. The number of carbonyl (C=O) groups excluding carboxylic acids is 13. The zero-order valence-electron chi connectivity index (χ0n) is 83.2. The van der Waals surface area contributed by atoms with Crippen LogP contribution in [0.15, 0.2) is 67.3 Å². The number of aromatic nitrogens is 2. The molecule has 14 N–H and O–H groups in total. The summed E-state index contributed by atoms with van der Waals surface area (Å²) in [5.41, 5.74) is 0.393. The van der Waals surface area contributed by atoms with Gasteiger partial charge < -0.3 is 120 Å². The number of imidazole rings is 1. The molecule has 1 heterocycles.